The lowest BCUT2D eigenvalue weighted by Gasteiger charge is -2.29. The third-order valence-corrected chi connectivity index (χ3v) is 9.17. The maximum atomic E-state index is 5.97. The van der Waals surface area contributed by atoms with Gasteiger partial charge in [-0.25, -0.2) is 0 Å². The van der Waals surface area contributed by atoms with Crippen molar-refractivity contribution in [2.75, 3.05) is 9.80 Å². The van der Waals surface area contributed by atoms with Gasteiger partial charge >= 0.3 is 0 Å². The normalized spacial score (nSPS) is 11.1. The predicted molar refractivity (Wildman–Crippen MR) is 206 cm³/mol. The summed E-state index contributed by atoms with van der Waals surface area (Å²) in [7, 11) is 0. The zero-order chi connectivity index (χ0) is 33.2. The van der Waals surface area contributed by atoms with Gasteiger partial charge in [0.25, 0.3) is 0 Å². The topological polar surface area (TPSA) is 19.6 Å². The minimum absolute atomic E-state index is 0.870. The van der Waals surface area contributed by atoms with Crippen LogP contribution in [0.1, 0.15) is 11.1 Å². The van der Waals surface area contributed by atoms with E-state index >= 15 is 0 Å². The third-order valence-electron chi connectivity index (χ3n) is 9.17. The monoisotopic (exact) mass is 632 g/mol. The minimum Gasteiger partial charge on any atom is -0.462 e. The lowest BCUT2D eigenvalue weighted by molar-refractivity contribution is 0.616. The second-order valence-electron chi connectivity index (χ2n) is 12.4. The van der Waals surface area contributed by atoms with Gasteiger partial charge in [-0.2, -0.15) is 0 Å². The molecule has 0 bridgehead atoms. The first kappa shape index (κ1) is 30.0. The standard InChI is InChI=1S/C46H36N2O/c1-33-13-11-14-34(2)46(33)48(41-29-23-36(24-30-41)35-15-5-3-6-16-35)42-20-12-17-38(31-42)37-25-27-40(28-26-37)47(39-18-7-4-8-19-39)44-32-49-45-22-10-9-21-43(44)45/h3-32H,1-2H3. The van der Waals surface area contributed by atoms with E-state index < -0.39 is 0 Å². The van der Waals surface area contributed by atoms with Crippen LogP contribution in [-0.4, -0.2) is 0 Å². The van der Waals surface area contributed by atoms with Gasteiger partial charge in [0.05, 0.1) is 11.4 Å². The van der Waals surface area contributed by atoms with Crippen molar-refractivity contribution in [3.63, 3.8) is 0 Å². The minimum atomic E-state index is 0.870. The highest BCUT2D eigenvalue weighted by Gasteiger charge is 2.19. The Morgan fingerprint density at radius 3 is 1.57 bits per heavy atom. The molecule has 0 radical (unpaired) electrons. The Balaban J connectivity index is 1.18. The molecule has 0 spiro atoms. The Bertz CT molecular complexity index is 2320. The van der Waals surface area contributed by atoms with E-state index in [1.165, 1.54) is 27.9 Å². The number of furan rings is 1. The van der Waals surface area contributed by atoms with Crippen LogP contribution in [0.15, 0.2) is 187 Å². The molecule has 236 valence electrons. The van der Waals surface area contributed by atoms with Crippen molar-refractivity contribution in [2.24, 2.45) is 0 Å². The number of benzene rings is 7. The molecule has 7 aromatic carbocycles. The van der Waals surface area contributed by atoms with E-state index in [9.17, 15) is 0 Å². The first-order valence-corrected chi connectivity index (χ1v) is 16.7. The maximum Gasteiger partial charge on any atom is 0.136 e. The highest BCUT2D eigenvalue weighted by Crippen LogP contribution is 2.42. The molecule has 1 heterocycles. The number of anilines is 6. The molecule has 0 aliphatic heterocycles. The largest absolute Gasteiger partial charge is 0.462 e. The SMILES string of the molecule is Cc1cccc(C)c1N(c1ccc(-c2ccccc2)cc1)c1cccc(-c2ccc(N(c3ccccc3)c3coc4ccccc34)cc2)c1. The van der Waals surface area contributed by atoms with Gasteiger partial charge in [-0.3, -0.25) is 0 Å². The van der Waals surface area contributed by atoms with Gasteiger partial charge < -0.3 is 14.2 Å². The Kier molecular flexibility index (Phi) is 8.01. The Labute approximate surface area is 287 Å². The lowest BCUT2D eigenvalue weighted by atomic mass is 10.0. The summed E-state index contributed by atoms with van der Waals surface area (Å²) in [6.07, 6.45) is 1.85. The van der Waals surface area contributed by atoms with E-state index in [0.717, 1.165) is 50.5 Å². The predicted octanol–water partition coefficient (Wildman–Crippen LogP) is 13.3. The molecule has 3 nitrogen and oxygen atoms in total. The summed E-state index contributed by atoms with van der Waals surface area (Å²) in [5, 5.41) is 1.08. The molecule has 0 fully saturated rings. The zero-order valence-electron chi connectivity index (χ0n) is 27.6. The summed E-state index contributed by atoms with van der Waals surface area (Å²) >= 11 is 0. The summed E-state index contributed by atoms with van der Waals surface area (Å²) in [5.74, 6) is 0. The molecule has 3 heteroatoms. The summed E-state index contributed by atoms with van der Waals surface area (Å²) < 4.78 is 5.97. The fraction of sp³-hybridized carbons (Fsp3) is 0.0435. The molecule has 0 saturated heterocycles. The summed E-state index contributed by atoms with van der Waals surface area (Å²) in [5.41, 5.74) is 14.6. The van der Waals surface area contributed by atoms with Crippen LogP contribution in [0.2, 0.25) is 0 Å². The number of nitrogens with zero attached hydrogens (tertiary/aromatic N) is 2. The van der Waals surface area contributed by atoms with Gasteiger partial charge in [0.15, 0.2) is 0 Å². The molecular formula is C46H36N2O. The molecule has 0 aliphatic carbocycles. The fourth-order valence-corrected chi connectivity index (χ4v) is 6.77. The summed E-state index contributed by atoms with van der Waals surface area (Å²) in [4.78, 5) is 4.65. The molecule has 8 rings (SSSR count). The number of para-hydroxylation sites is 3. The van der Waals surface area contributed by atoms with E-state index in [2.05, 4.69) is 181 Å². The van der Waals surface area contributed by atoms with Crippen molar-refractivity contribution >= 4 is 45.1 Å². The molecule has 0 atom stereocenters. The number of rotatable bonds is 8. The van der Waals surface area contributed by atoms with Crippen LogP contribution in [0.4, 0.5) is 34.1 Å². The van der Waals surface area contributed by atoms with Gasteiger partial charge in [0.2, 0.25) is 0 Å². The van der Waals surface area contributed by atoms with Crippen LogP contribution in [0.5, 0.6) is 0 Å². The Morgan fingerprint density at radius 2 is 0.878 bits per heavy atom. The van der Waals surface area contributed by atoms with Crippen LogP contribution in [0, 0.1) is 13.8 Å². The van der Waals surface area contributed by atoms with Crippen LogP contribution in [0.3, 0.4) is 0 Å². The highest BCUT2D eigenvalue weighted by molar-refractivity contribution is 5.96. The van der Waals surface area contributed by atoms with E-state index in [1.54, 1.807) is 0 Å². The van der Waals surface area contributed by atoms with Gasteiger partial charge in [0.1, 0.15) is 11.8 Å². The van der Waals surface area contributed by atoms with E-state index in [1.807, 2.05) is 24.5 Å². The smallest absolute Gasteiger partial charge is 0.136 e. The lowest BCUT2D eigenvalue weighted by Crippen LogP contribution is -2.13. The second kappa shape index (κ2) is 13.1. The Hall–Kier alpha value is -6.32. The fourth-order valence-electron chi connectivity index (χ4n) is 6.77. The van der Waals surface area contributed by atoms with Crippen LogP contribution in [-0.2, 0) is 0 Å². The number of fused-ring (bicyclic) bond motifs is 1. The average Bonchev–Trinajstić information content (AvgIpc) is 3.58. The van der Waals surface area contributed by atoms with E-state index in [0.29, 0.717) is 0 Å². The van der Waals surface area contributed by atoms with Gasteiger partial charge in [-0.05, 0) is 108 Å². The molecule has 0 saturated carbocycles. The van der Waals surface area contributed by atoms with E-state index in [-0.39, 0.29) is 0 Å². The molecule has 49 heavy (non-hydrogen) atoms. The number of hydrogen-bond donors (Lipinski definition) is 0. The molecule has 1 aromatic heterocycles. The van der Waals surface area contributed by atoms with Crippen molar-refractivity contribution < 1.29 is 4.42 Å². The van der Waals surface area contributed by atoms with Crippen LogP contribution < -0.4 is 9.80 Å². The maximum absolute atomic E-state index is 5.97. The van der Waals surface area contributed by atoms with Gasteiger partial charge in [0, 0.05) is 28.1 Å². The van der Waals surface area contributed by atoms with Gasteiger partial charge in [-0.1, -0.05) is 115 Å². The molecule has 0 aliphatic rings. The highest BCUT2D eigenvalue weighted by atomic mass is 16.3. The number of aryl methyl sites for hydroxylation is 2. The Morgan fingerprint density at radius 1 is 0.388 bits per heavy atom. The van der Waals surface area contributed by atoms with Crippen molar-refractivity contribution in [1.29, 1.82) is 0 Å². The van der Waals surface area contributed by atoms with Crippen molar-refractivity contribution in [2.45, 2.75) is 13.8 Å². The second-order valence-corrected chi connectivity index (χ2v) is 12.4. The first-order chi connectivity index (χ1) is 24.1. The van der Waals surface area contributed by atoms with Crippen molar-refractivity contribution in [3.05, 3.63) is 193 Å². The first-order valence-electron chi connectivity index (χ1n) is 16.7. The van der Waals surface area contributed by atoms with E-state index in [4.69, 9.17) is 4.42 Å². The number of hydrogen-bond acceptors (Lipinski definition) is 3. The molecule has 0 amide bonds. The van der Waals surface area contributed by atoms with Crippen molar-refractivity contribution in [1.82, 2.24) is 0 Å². The van der Waals surface area contributed by atoms with Gasteiger partial charge in [-0.15, -0.1) is 0 Å². The molecule has 8 aromatic rings. The van der Waals surface area contributed by atoms with Crippen LogP contribution in [0.25, 0.3) is 33.2 Å². The average molecular weight is 633 g/mol. The summed E-state index contributed by atoms with van der Waals surface area (Å²) in [6.45, 7) is 4.38. The molecular weight excluding hydrogens is 597 g/mol. The van der Waals surface area contributed by atoms with Crippen molar-refractivity contribution in [3.8, 4) is 22.3 Å². The quantitative estimate of drug-likeness (QED) is 0.166. The third kappa shape index (κ3) is 5.88. The molecule has 0 N–H and O–H groups in total. The van der Waals surface area contributed by atoms with Crippen LogP contribution >= 0.6 is 0 Å². The molecule has 0 unspecified atom stereocenters. The zero-order valence-corrected chi connectivity index (χ0v) is 27.6. The summed E-state index contributed by atoms with van der Waals surface area (Å²) in [6, 6.07) is 62.3.